The summed E-state index contributed by atoms with van der Waals surface area (Å²) >= 11 is 0. The van der Waals surface area contributed by atoms with E-state index in [2.05, 4.69) is 15.3 Å². The molecule has 0 saturated carbocycles. The molecule has 6 nitrogen and oxygen atoms in total. The monoisotopic (exact) mass is 285 g/mol. The molecule has 2 N–H and O–H groups in total. The molecule has 0 radical (unpaired) electrons. The molecule has 1 heterocycles. The van der Waals surface area contributed by atoms with Gasteiger partial charge in [-0.25, -0.2) is 9.97 Å². The number of hydrogen-bond donors (Lipinski definition) is 2. The van der Waals surface area contributed by atoms with Gasteiger partial charge in [-0.3, -0.25) is 9.59 Å². The van der Waals surface area contributed by atoms with Crippen LogP contribution in [0.2, 0.25) is 0 Å². The van der Waals surface area contributed by atoms with Gasteiger partial charge >= 0.3 is 5.97 Å². The Labute approximate surface area is 121 Å². The molecule has 1 amide bonds. The van der Waals surface area contributed by atoms with Crippen molar-refractivity contribution >= 4 is 17.6 Å². The number of nitrogens with zero attached hydrogens (tertiary/aromatic N) is 2. The van der Waals surface area contributed by atoms with Crippen LogP contribution in [-0.2, 0) is 9.59 Å². The normalized spacial score (nSPS) is 10.1. The number of nitrogens with one attached hydrogen (secondary N) is 1. The minimum atomic E-state index is -0.904. The Bertz CT molecular complexity index is 612. The van der Waals surface area contributed by atoms with E-state index in [-0.39, 0.29) is 18.7 Å². The van der Waals surface area contributed by atoms with Gasteiger partial charge in [-0.2, -0.15) is 0 Å². The van der Waals surface area contributed by atoms with Gasteiger partial charge in [0.05, 0.1) is 18.1 Å². The number of carboxylic acid groups (broad SMARTS) is 1. The molecule has 0 aliphatic carbocycles. The highest BCUT2D eigenvalue weighted by Gasteiger charge is 2.06. The molecule has 0 saturated heterocycles. The number of carboxylic acids is 1. The van der Waals surface area contributed by atoms with Gasteiger partial charge in [0, 0.05) is 18.4 Å². The maximum atomic E-state index is 11.6. The average Bonchev–Trinajstić information content (AvgIpc) is 2.48. The van der Waals surface area contributed by atoms with E-state index in [1.54, 1.807) is 0 Å². The minimum absolute atomic E-state index is 0.0170. The van der Waals surface area contributed by atoms with Gasteiger partial charge in [-0.05, 0) is 6.42 Å². The largest absolute Gasteiger partial charge is 0.481 e. The number of amides is 1. The van der Waals surface area contributed by atoms with E-state index in [0.29, 0.717) is 17.9 Å². The second-order valence-electron chi connectivity index (χ2n) is 4.46. The van der Waals surface area contributed by atoms with E-state index in [0.717, 1.165) is 5.56 Å². The van der Waals surface area contributed by atoms with Crippen LogP contribution < -0.4 is 5.32 Å². The summed E-state index contributed by atoms with van der Waals surface area (Å²) in [5.41, 5.74) is 1.40. The number of hydrogen-bond acceptors (Lipinski definition) is 4. The van der Waals surface area contributed by atoms with Gasteiger partial charge in [0.2, 0.25) is 5.91 Å². The summed E-state index contributed by atoms with van der Waals surface area (Å²) in [5.74, 6) is -0.565. The molecule has 1 aromatic carbocycles. The van der Waals surface area contributed by atoms with Crippen molar-refractivity contribution in [3.63, 3.8) is 0 Å². The smallest absolute Gasteiger partial charge is 0.303 e. The van der Waals surface area contributed by atoms with Crippen LogP contribution in [0.15, 0.2) is 42.7 Å². The molecular formula is C15H15N3O3. The van der Waals surface area contributed by atoms with Gasteiger partial charge in [-0.15, -0.1) is 0 Å². The van der Waals surface area contributed by atoms with E-state index in [4.69, 9.17) is 5.11 Å². The maximum Gasteiger partial charge on any atom is 0.303 e. The molecule has 6 heteroatoms. The molecule has 21 heavy (non-hydrogen) atoms. The Morgan fingerprint density at radius 1 is 1.05 bits per heavy atom. The predicted octanol–water partition coefficient (Wildman–Crippen LogP) is 2.34. The molecule has 0 spiro atoms. The maximum absolute atomic E-state index is 11.6. The van der Waals surface area contributed by atoms with Crippen molar-refractivity contribution in [1.29, 1.82) is 0 Å². The summed E-state index contributed by atoms with van der Waals surface area (Å²) in [6.45, 7) is 0. The first kappa shape index (κ1) is 14.6. The molecule has 108 valence electrons. The third-order valence-corrected chi connectivity index (χ3v) is 2.76. The van der Waals surface area contributed by atoms with Crippen molar-refractivity contribution in [2.75, 3.05) is 5.32 Å². The van der Waals surface area contributed by atoms with E-state index in [1.807, 2.05) is 30.3 Å². The molecule has 0 aliphatic heterocycles. The number of carbonyl (C=O) groups excluding carboxylic acids is 1. The fraction of sp³-hybridized carbons (Fsp3) is 0.200. The molecule has 1 aromatic heterocycles. The second-order valence-corrected chi connectivity index (χ2v) is 4.46. The number of anilines is 1. The number of aromatic nitrogens is 2. The van der Waals surface area contributed by atoms with Gasteiger partial charge < -0.3 is 10.4 Å². The van der Waals surface area contributed by atoms with Gasteiger partial charge in [0.15, 0.2) is 5.82 Å². The Hall–Kier alpha value is -2.76. The molecule has 2 rings (SSSR count). The predicted molar refractivity (Wildman–Crippen MR) is 77.6 cm³/mol. The number of benzene rings is 1. The Morgan fingerprint density at radius 3 is 2.33 bits per heavy atom. The van der Waals surface area contributed by atoms with E-state index in [1.165, 1.54) is 12.4 Å². The van der Waals surface area contributed by atoms with Gasteiger partial charge in [0.1, 0.15) is 0 Å². The van der Waals surface area contributed by atoms with E-state index < -0.39 is 5.97 Å². The lowest BCUT2D eigenvalue weighted by Gasteiger charge is -2.05. The first-order valence-corrected chi connectivity index (χ1v) is 6.54. The average molecular weight is 285 g/mol. The molecule has 0 bridgehead atoms. The standard InChI is InChI=1S/C15H15N3O3/c19-13(7-4-8-14(20)21)18-12-9-16-15(17-10-12)11-5-2-1-3-6-11/h1-3,5-6,9-10H,4,7-8H2,(H,18,19)(H,20,21). The zero-order chi connectivity index (χ0) is 15.1. The number of rotatable bonds is 6. The SMILES string of the molecule is O=C(O)CCCC(=O)Nc1cnc(-c2ccccc2)nc1. The third-order valence-electron chi connectivity index (χ3n) is 2.76. The fourth-order valence-corrected chi connectivity index (χ4v) is 1.75. The molecule has 2 aromatic rings. The molecule has 0 aliphatic rings. The first-order valence-electron chi connectivity index (χ1n) is 6.54. The summed E-state index contributed by atoms with van der Waals surface area (Å²) in [4.78, 5) is 30.3. The quantitative estimate of drug-likeness (QED) is 0.849. The van der Waals surface area contributed by atoms with Crippen LogP contribution in [0.4, 0.5) is 5.69 Å². The van der Waals surface area contributed by atoms with Crippen LogP contribution in [0.3, 0.4) is 0 Å². The van der Waals surface area contributed by atoms with Crippen LogP contribution in [0.1, 0.15) is 19.3 Å². The molecule has 0 atom stereocenters. The van der Waals surface area contributed by atoms with E-state index >= 15 is 0 Å². The summed E-state index contributed by atoms with van der Waals surface area (Å²) in [6, 6.07) is 9.52. The highest BCUT2D eigenvalue weighted by atomic mass is 16.4. The Balaban J connectivity index is 1.91. The van der Waals surface area contributed by atoms with Crippen LogP contribution in [0, 0.1) is 0 Å². The Morgan fingerprint density at radius 2 is 1.71 bits per heavy atom. The molecule has 0 fully saturated rings. The van der Waals surface area contributed by atoms with Crippen LogP contribution in [-0.4, -0.2) is 27.0 Å². The summed E-state index contributed by atoms with van der Waals surface area (Å²) < 4.78 is 0. The lowest BCUT2D eigenvalue weighted by atomic mass is 10.2. The summed E-state index contributed by atoms with van der Waals surface area (Å²) in [6.07, 6.45) is 3.52. The van der Waals surface area contributed by atoms with Crippen molar-refractivity contribution in [1.82, 2.24) is 9.97 Å². The van der Waals surface area contributed by atoms with Gasteiger partial charge in [0.25, 0.3) is 0 Å². The highest BCUT2D eigenvalue weighted by molar-refractivity contribution is 5.90. The van der Waals surface area contributed by atoms with E-state index in [9.17, 15) is 9.59 Å². The zero-order valence-electron chi connectivity index (χ0n) is 11.3. The lowest BCUT2D eigenvalue weighted by Crippen LogP contribution is -2.12. The van der Waals surface area contributed by atoms with Crippen LogP contribution in [0.25, 0.3) is 11.4 Å². The van der Waals surface area contributed by atoms with Crippen LogP contribution >= 0.6 is 0 Å². The molecule has 0 unspecified atom stereocenters. The zero-order valence-corrected chi connectivity index (χ0v) is 11.3. The lowest BCUT2D eigenvalue weighted by molar-refractivity contribution is -0.137. The van der Waals surface area contributed by atoms with Crippen LogP contribution in [0.5, 0.6) is 0 Å². The van der Waals surface area contributed by atoms with Crippen molar-refractivity contribution in [3.05, 3.63) is 42.7 Å². The van der Waals surface area contributed by atoms with Crippen molar-refractivity contribution in [2.24, 2.45) is 0 Å². The minimum Gasteiger partial charge on any atom is -0.481 e. The summed E-state index contributed by atoms with van der Waals surface area (Å²) in [7, 11) is 0. The van der Waals surface area contributed by atoms with Crippen molar-refractivity contribution < 1.29 is 14.7 Å². The fourth-order valence-electron chi connectivity index (χ4n) is 1.75. The number of carbonyl (C=O) groups is 2. The first-order chi connectivity index (χ1) is 10.1. The van der Waals surface area contributed by atoms with Gasteiger partial charge in [-0.1, -0.05) is 30.3 Å². The molecular weight excluding hydrogens is 270 g/mol. The third kappa shape index (κ3) is 4.68. The van der Waals surface area contributed by atoms with Crippen molar-refractivity contribution in [3.8, 4) is 11.4 Å². The summed E-state index contributed by atoms with van der Waals surface area (Å²) in [5, 5.41) is 11.1. The Kier molecular flexibility index (Phi) is 4.98. The number of aliphatic carboxylic acids is 1. The topological polar surface area (TPSA) is 92.2 Å². The second kappa shape index (κ2) is 7.14. The van der Waals surface area contributed by atoms with Crippen molar-refractivity contribution in [2.45, 2.75) is 19.3 Å². The highest BCUT2D eigenvalue weighted by Crippen LogP contribution is 2.14.